The van der Waals surface area contributed by atoms with Crippen LogP contribution in [0.2, 0.25) is 5.15 Å². The van der Waals surface area contributed by atoms with Gasteiger partial charge < -0.3 is 4.90 Å². The first-order valence-electron chi connectivity index (χ1n) is 5.38. The highest BCUT2D eigenvalue weighted by Crippen LogP contribution is 2.26. The van der Waals surface area contributed by atoms with Gasteiger partial charge >= 0.3 is 0 Å². The highest BCUT2D eigenvalue weighted by Gasteiger charge is 2.29. The monoisotopic (exact) mass is 261 g/mol. The van der Waals surface area contributed by atoms with Crippen molar-refractivity contribution < 1.29 is 4.79 Å². The minimum atomic E-state index is -0.0951. The van der Waals surface area contributed by atoms with Crippen LogP contribution in [0.3, 0.4) is 0 Å². The van der Waals surface area contributed by atoms with E-state index in [0.717, 1.165) is 5.56 Å². The zero-order valence-electron chi connectivity index (χ0n) is 9.93. The van der Waals surface area contributed by atoms with Gasteiger partial charge in [0, 0.05) is 30.6 Å². The summed E-state index contributed by atoms with van der Waals surface area (Å²) in [6.45, 7) is 4.11. The lowest BCUT2D eigenvalue weighted by molar-refractivity contribution is 0.0835. The maximum Gasteiger partial charge on any atom is 0.259 e. The molecule has 1 aromatic rings. The number of nitrogens with zero attached hydrogens (tertiary/aromatic N) is 3. The lowest BCUT2D eigenvalue weighted by atomic mass is 10.2. The van der Waals surface area contributed by atoms with Gasteiger partial charge in [-0.3, -0.25) is 9.79 Å². The first-order valence-corrected chi connectivity index (χ1v) is 5.76. The number of hydrogen-bond donors (Lipinski definition) is 0. The van der Waals surface area contributed by atoms with Gasteiger partial charge in [-0.05, 0) is 12.1 Å². The van der Waals surface area contributed by atoms with Crippen LogP contribution in [0.4, 0.5) is 0 Å². The zero-order valence-corrected chi connectivity index (χ0v) is 10.7. The number of aromatic nitrogens is 1. The van der Waals surface area contributed by atoms with E-state index in [4.69, 9.17) is 11.6 Å². The fraction of sp³-hybridized carbons (Fsp3) is 0.154. The van der Waals surface area contributed by atoms with Crippen LogP contribution in [0.5, 0.6) is 0 Å². The lowest BCUT2D eigenvalue weighted by Gasteiger charge is -2.15. The largest absolute Gasteiger partial charge is 0.302 e. The average Bonchev–Trinajstić information content (AvgIpc) is 2.67. The number of halogens is 1. The van der Waals surface area contributed by atoms with E-state index in [-0.39, 0.29) is 5.91 Å². The predicted molar refractivity (Wildman–Crippen MR) is 71.8 cm³/mol. The van der Waals surface area contributed by atoms with Crippen LogP contribution in [0.15, 0.2) is 41.7 Å². The number of carbonyl (C=O) groups excluding carboxylic acids is 1. The molecule has 0 spiro atoms. The third kappa shape index (κ3) is 2.19. The number of carbonyl (C=O) groups is 1. The Morgan fingerprint density at radius 1 is 1.67 bits per heavy atom. The molecule has 1 aliphatic rings. The van der Waals surface area contributed by atoms with Gasteiger partial charge in [-0.1, -0.05) is 24.3 Å². The fourth-order valence-electron chi connectivity index (χ4n) is 1.84. The standard InChI is InChI=1S/C13H12ClN3O/c1-3-4-10(7-15-2)17-8-9-6-16-12(14)5-11(9)13(17)18/h3-7H,1,8H2,2H3/b10-4+,15-7?. The Morgan fingerprint density at radius 2 is 2.44 bits per heavy atom. The van der Waals surface area contributed by atoms with Crippen LogP contribution < -0.4 is 0 Å². The number of amides is 1. The van der Waals surface area contributed by atoms with E-state index < -0.39 is 0 Å². The molecule has 18 heavy (non-hydrogen) atoms. The molecule has 1 aromatic heterocycles. The molecule has 0 saturated carbocycles. The van der Waals surface area contributed by atoms with Crippen LogP contribution in [0.25, 0.3) is 0 Å². The molecule has 0 radical (unpaired) electrons. The molecule has 0 atom stereocenters. The summed E-state index contributed by atoms with van der Waals surface area (Å²) in [6.07, 6.45) is 6.62. The lowest BCUT2D eigenvalue weighted by Crippen LogP contribution is -2.24. The Morgan fingerprint density at radius 3 is 3.11 bits per heavy atom. The summed E-state index contributed by atoms with van der Waals surface area (Å²) in [5, 5.41) is 0.322. The molecule has 0 aliphatic carbocycles. The second-order valence-corrected chi connectivity index (χ2v) is 4.16. The number of aliphatic imine (C=N–C) groups is 1. The smallest absolute Gasteiger partial charge is 0.259 e. The average molecular weight is 262 g/mol. The highest BCUT2D eigenvalue weighted by atomic mass is 35.5. The van der Waals surface area contributed by atoms with Crippen molar-refractivity contribution in [2.75, 3.05) is 7.05 Å². The molecule has 0 N–H and O–H groups in total. The van der Waals surface area contributed by atoms with Gasteiger partial charge in [0.05, 0.1) is 12.2 Å². The Hall–Kier alpha value is -1.94. The maximum absolute atomic E-state index is 12.2. The number of allylic oxidation sites excluding steroid dienone is 3. The summed E-state index contributed by atoms with van der Waals surface area (Å²) < 4.78 is 0. The third-order valence-corrected chi connectivity index (χ3v) is 2.83. The van der Waals surface area contributed by atoms with E-state index in [1.807, 2.05) is 0 Å². The van der Waals surface area contributed by atoms with Gasteiger partial charge in [0.25, 0.3) is 5.91 Å². The number of pyridine rings is 1. The van der Waals surface area contributed by atoms with Gasteiger partial charge in [-0.15, -0.1) is 0 Å². The number of fused-ring (bicyclic) bond motifs is 1. The van der Waals surface area contributed by atoms with Crippen LogP contribution in [-0.4, -0.2) is 29.1 Å². The van der Waals surface area contributed by atoms with Crippen LogP contribution >= 0.6 is 11.6 Å². The summed E-state index contributed by atoms with van der Waals surface area (Å²) in [4.78, 5) is 21.8. The maximum atomic E-state index is 12.2. The molecular formula is C13H12ClN3O. The van der Waals surface area contributed by atoms with Crippen molar-refractivity contribution in [3.05, 3.63) is 53.0 Å². The molecule has 4 nitrogen and oxygen atoms in total. The molecular weight excluding hydrogens is 250 g/mol. The zero-order chi connectivity index (χ0) is 13.1. The number of hydrogen-bond acceptors (Lipinski definition) is 3. The Kier molecular flexibility index (Phi) is 3.58. The third-order valence-electron chi connectivity index (χ3n) is 2.62. The molecule has 1 amide bonds. The van der Waals surface area contributed by atoms with Crippen LogP contribution in [0.1, 0.15) is 15.9 Å². The van der Waals surface area contributed by atoms with E-state index in [1.54, 1.807) is 42.6 Å². The molecule has 0 bridgehead atoms. The summed E-state index contributed by atoms with van der Waals surface area (Å²) in [6, 6.07) is 1.59. The van der Waals surface area contributed by atoms with Crippen molar-refractivity contribution >= 4 is 23.7 Å². The topological polar surface area (TPSA) is 45.6 Å². The van der Waals surface area contributed by atoms with Crippen LogP contribution in [0, 0.1) is 0 Å². The van der Waals surface area contributed by atoms with E-state index in [9.17, 15) is 4.79 Å². The van der Waals surface area contributed by atoms with Crippen molar-refractivity contribution in [2.24, 2.45) is 4.99 Å². The molecule has 0 saturated heterocycles. The molecule has 0 fully saturated rings. The van der Waals surface area contributed by atoms with Crippen molar-refractivity contribution in [1.29, 1.82) is 0 Å². The first kappa shape index (κ1) is 12.5. The molecule has 5 heteroatoms. The van der Waals surface area contributed by atoms with Crippen LogP contribution in [-0.2, 0) is 6.54 Å². The quantitative estimate of drug-likeness (QED) is 0.477. The van der Waals surface area contributed by atoms with Crippen molar-refractivity contribution in [3.63, 3.8) is 0 Å². The van der Waals surface area contributed by atoms with Gasteiger partial charge in [0.15, 0.2) is 0 Å². The van der Waals surface area contributed by atoms with E-state index in [1.165, 1.54) is 0 Å². The summed E-state index contributed by atoms with van der Waals surface area (Å²) in [5.41, 5.74) is 2.16. The SMILES string of the molecule is C=C/C=C(\C=NC)N1Cc2cnc(Cl)cc2C1=O. The van der Waals surface area contributed by atoms with Gasteiger partial charge in [-0.25, -0.2) is 4.98 Å². The summed E-state index contributed by atoms with van der Waals surface area (Å²) in [5.74, 6) is -0.0951. The van der Waals surface area contributed by atoms with Gasteiger partial charge in [0.2, 0.25) is 0 Å². The van der Waals surface area contributed by atoms with Crippen molar-refractivity contribution in [3.8, 4) is 0 Å². The highest BCUT2D eigenvalue weighted by molar-refractivity contribution is 6.29. The summed E-state index contributed by atoms with van der Waals surface area (Å²) in [7, 11) is 1.66. The van der Waals surface area contributed by atoms with E-state index >= 15 is 0 Å². The minimum absolute atomic E-state index is 0.0951. The van der Waals surface area contributed by atoms with Gasteiger partial charge in [-0.2, -0.15) is 0 Å². The Labute approximate surface area is 110 Å². The molecule has 1 aliphatic heterocycles. The molecule has 2 rings (SSSR count). The minimum Gasteiger partial charge on any atom is -0.302 e. The van der Waals surface area contributed by atoms with Crippen molar-refractivity contribution in [1.82, 2.24) is 9.88 Å². The predicted octanol–water partition coefficient (Wildman–Crippen LogP) is 2.46. The Bertz CT molecular complexity index is 563. The molecule has 92 valence electrons. The first-order chi connectivity index (χ1) is 8.67. The fourth-order valence-corrected chi connectivity index (χ4v) is 1.99. The number of rotatable bonds is 3. The van der Waals surface area contributed by atoms with Crippen molar-refractivity contribution in [2.45, 2.75) is 6.54 Å². The van der Waals surface area contributed by atoms with E-state index in [0.29, 0.717) is 23.0 Å². The second kappa shape index (κ2) is 5.14. The second-order valence-electron chi connectivity index (χ2n) is 3.77. The molecule has 0 aromatic carbocycles. The Balaban J connectivity index is 2.39. The van der Waals surface area contributed by atoms with Gasteiger partial charge in [0.1, 0.15) is 5.15 Å². The normalized spacial score (nSPS) is 15.3. The molecule has 0 unspecified atom stereocenters. The summed E-state index contributed by atoms with van der Waals surface area (Å²) >= 11 is 5.80. The van der Waals surface area contributed by atoms with E-state index in [2.05, 4.69) is 16.6 Å². The molecule has 2 heterocycles.